The van der Waals surface area contributed by atoms with Crippen LogP contribution in [0.15, 0.2) is 30.7 Å². The van der Waals surface area contributed by atoms with Gasteiger partial charge in [-0.3, -0.25) is 0 Å². The third kappa shape index (κ3) is 3.10. The molecule has 0 amide bonds. The molecule has 0 aliphatic heterocycles. The van der Waals surface area contributed by atoms with Gasteiger partial charge < -0.3 is 14.8 Å². The van der Waals surface area contributed by atoms with Crippen molar-refractivity contribution in [2.75, 3.05) is 17.3 Å². The van der Waals surface area contributed by atoms with E-state index in [1.54, 1.807) is 18.6 Å². The molecule has 0 aliphatic rings. The molecular formula is C15H21FN4. The second-order valence-electron chi connectivity index (χ2n) is 5.22. The Morgan fingerprint density at radius 2 is 2.15 bits per heavy atom. The third-order valence-corrected chi connectivity index (χ3v) is 3.49. The number of aromatic nitrogens is 2. The van der Waals surface area contributed by atoms with Crippen LogP contribution in [0.25, 0.3) is 0 Å². The van der Waals surface area contributed by atoms with E-state index in [0.717, 1.165) is 11.4 Å². The molecule has 0 atom stereocenters. The lowest BCUT2D eigenvalue weighted by Gasteiger charge is -2.24. The molecule has 0 aliphatic carbocycles. The molecule has 0 saturated carbocycles. The molecule has 5 heteroatoms. The Bertz CT molecular complexity index is 577. The lowest BCUT2D eigenvalue weighted by atomic mass is 10.2. The average Bonchev–Trinajstić information content (AvgIpc) is 2.81. The van der Waals surface area contributed by atoms with E-state index < -0.39 is 0 Å². The van der Waals surface area contributed by atoms with Crippen LogP contribution in [0.4, 0.5) is 15.8 Å². The van der Waals surface area contributed by atoms with Crippen molar-refractivity contribution in [2.45, 2.75) is 26.4 Å². The molecule has 0 fully saturated rings. The van der Waals surface area contributed by atoms with Crippen molar-refractivity contribution < 1.29 is 4.39 Å². The first-order valence-electron chi connectivity index (χ1n) is 6.70. The number of halogens is 1. The maximum Gasteiger partial charge on any atom is 0.148 e. The molecule has 0 spiro atoms. The quantitative estimate of drug-likeness (QED) is 0.911. The predicted molar refractivity (Wildman–Crippen MR) is 80.5 cm³/mol. The molecule has 1 heterocycles. The lowest BCUT2D eigenvalue weighted by molar-refractivity contribution is 0.614. The number of nitrogens with one attached hydrogen (secondary N) is 1. The Labute approximate surface area is 119 Å². The van der Waals surface area contributed by atoms with Crippen LogP contribution in [0.3, 0.4) is 0 Å². The first-order valence-corrected chi connectivity index (χ1v) is 6.70. The minimum absolute atomic E-state index is 0.212. The summed E-state index contributed by atoms with van der Waals surface area (Å²) in [6.45, 7) is 4.69. The number of rotatable bonds is 5. The van der Waals surface area contributed by atoms with Gasteiger partial charge in [-0.2, -0.15) is 0 Å². The van der Waals surface area contributed by atoms with Gasteiger partial charge in [-0.15, -0.1) is 0 Å². The number of hydrogen-bond acceptors (Lipinski definition) is 3. The number of anilines is 2. The van der Waals surface area contributed by atoms with E-state index in [-0.39, 0.29) is 11.9 Å². The van der Waals surface area contributed by atoms with Gasteiger partial charge in [0.05, 0.1) is 24.3 Å². The van der Waals surface area contributed by atoms with Crippen LogP contribution < -0.4 is 10.2 Å². The van der Waals surface area contributed by atoms with Crippen LogP contribution >= 0.6 is 0 Å². The largest absolute Gasteiger partial charge is 0.379 e. The third-order valence-electron chi connectivity index (χ3n) is 3.49. The van der Waals surface area contributed by atoms with Gasteiger partial charge in [0.1, 0.15) is 5.82 Å². The highest BCUT2D eigenvalue weighted by molar-refractivity contribution is 5.56. The summed E-state index contributed by atoms with van der Waals surface area (Å²) in [7, 11) is 3.83. The maximum atomic E-state index is 14.1. The van der Waals surface area contributed by atoms with Gasteiger partial charge >= 0.3 is 0 Å². The van der Waals surface area contributed by atoms with Gasteiger partial charge in [0, 0.05) is 32.0 Å². The summed E-state index contributed by atoms with van der Waals surface area (Å²) < 4.78 is 16.0. The highest BCUT2D eigenvalue weighted by Gasteiger charge is 2.11. The fourth-order valence-electron chi connectivity index (χ4n) is 1.93. The monoisotopic (exact) mass is 276 g/mol. The lowest BCUT2D eigenvalue weighted by Crippen LogP contribution is -2.26. The van der Waals surface area contributed by atoms with Gasteiger partial charge in [0.25, 0.3) is 0 Å². The Kier molecular flexibility index (Phi) is 4.27. The second kappa shape index (κ2) is 5.94. The molecule has 1 aromatic carbocycles. The molecular weight excluding hydrogens is 255 g/mol. The van der Waals surface area contributed by atoms with E-state index >= 15 is 0 Å². The van der Waals surface area contributed by atoms with Gasteiger partial charge in [-0.05, 0) is 32.0 Å². The van der Waals surface area contributed by atoms with Crippen LogP contribution in [0.2, 0.25) is 0 Å². The number of nitrogens with zero attached hydrogens (tertiary/aromatic N) is 3. The summed E-state index contributed by atoms with van der Waals surface area (Å²) in [6, 6.07) is 5.50. The van der Waals surface area contributed by atoms with Crippen LogP contribution in [0, 0.1) is 5.82 Å². The van der Waals surface area contributed by atoms with Gasteiger partial charge in [0.15, 0.2) is 0 Å². The minimum Gasteiger partial charge on any atom is -0.379 e. The predicted octanol–water partition coefficient (Wildman–Crippen LogP) is 3.02. The molecule has 4 nitrogen and oxygen atoms in total. The summed E-state index contributed by atoms with van der Waals surface area (Å²) in [4.78, 5) is 5.97. The SMILES string of the molecule is CC(C)N(C)c1ccc(NCc2cncn2C)cc1F. The highest BCUT2D eigenvalue weighted by Crippen LogP contribution is 2.23. The molecule has 20 heavy (non-hydrogen) atoms. The fraction of sp³-hybridized carbons (Fsp3) is 0.400. The highest BCUT2D eigenvalue weighted by atomic mass is 19.1. The average molecular weight is 276 g/mol. The minimum atomic E-state index is -0.212. The molecule has 0 radical (unpaired) electrons. The smallest absolute Gasteiger partial charge is 0.148 e. The summed E-state index contributed by atoms with van der Waals surface area (Å²) in [5.74, 6) is -0.212. The Balaban J connectivity index is 2.07. The van der Waals surface area contributed by atoms with Crippen LogP contribution in [0.1, 0.15) is 19.5 Å². The van der Waals surface area contributed by atoms with E-state index in [9.17, 15) is 4.39 Å². The van der Waals surface area contributed by atoms with E-state index in [2.05, 4.69) is 10.3 Å². The number of hydrogen-bond donors (Lipinski definition) is 1. The van der Waals surface area contributed by atoms with E-state index in [1.165, 1.54) is 6.07 Å². The van der Waals surface area contributed by atoms with Crippen molar-refractivity contribution in [1.29, 1.82) is 0 Å². The number of aryl methyl sites for hydroxylation is 1. The summed E-state index contributed by atoms with van der Waals surface area (Å²) in [5, 5.41) is 3.20. The van der Waals surface area contributed by atoms with Gasteiger partial charge in [-0.25, -0.2) is 9.37 Å². The summed E-state index contributed by atoms with van der Waals surface area (Å²) in [6.07, 6.45) is 3.54. The van der Waals surface area contributed by atoms with Crippen LogP contribution in [-0.4, -0.2) is 22.6 Å². The maximum absolute atomic E-state index is 14.1. The van der Waals surface area contributed by atoms with Crippen molar-refractivity contribution in [3.05, 3.63) is 42.2 Å². The van der Waals surface area contributed by atoms with Crippen molar-refractivity contribution in [2.24, 2.45) is 7.05 Å². The summed E-state index contributed by atoms with van der Waals surface area (Å²) >= 11 is 0. The Hall–Kier alpha value is -2.04. The first-order chi connectivity index (χ1) is 9.49. The number of imidazole rings is 1. The normalized spacial score (nSPS) is 10.9. The van der Waals surface area contributed by atoms with Crippen molar-refractivity contribution in [1.82, 2.24) is 9.55 Å². The summed E-state index contributed by atoms with van der Waals surface area (Å²) in [5.41, 5.74) is 2.43. The zero-order valence-electron chi connectivity index (χ0n) is 12.4. The van der Waals surface area contributed by atoms with Crippen LogP contribution in [0.5, 0.6) is 0 Å². The van der Waals surface area contributed by atoms with Crippen LogP contribution in [-0.2, 0) is 13.6 Å². The van der Waals surface area contributed by atoms with E-state index in [1.807, 2.05) is 43.5 Å². The van der Waals surface area contributed by atoms with Crippen molar-refractivity contribution in [3.8, 4) is 0 Å². The molecule has 108 valence electrons. The topological polar surface area (TPSA) is 33.1 Å². The number of benzene rings is 1. The van der Waals surface area contributed by atoms with E-state index in [4.69, 9.17) is 0 Å². The molecule has 0 unspecified atom stereocenters. The van der Waals surface area contributed by atoms with Gasteiger partial charge in [0.2, 0.25) is 0 Å². The molecule has 0 bridgehead atoms. The van der Waals surface area contributed by atoms with Crippen molar-refractivity contribution >= 4 is 11.4 Å². The molecule has 2 rings (SSSR count). The van der Waals surface area contributed by atoms with E-state index in [0.29, 0.717) is 12.2 Å². The molecule has 1 N–H and O–H groups in total. The molecule has 0 saturated heterocycles. The standard InChI is InChI=1S/C15H21FN4/c1-11(2)20(4)15-6-5-12(7-14(15)16)18-9-13-8-17-10-19(13)3/h5-8,10-11,18H,9H2,1-4H3. The zero-order valence-corrected chi connectivity index (χ0v) is 12.4. The zero-order chi connectivity index (χ0) is 14.7. The second-order valence-corrected chi connectivity index (χ2v) is 5.22. The fourth-order valence-corrected chi connectivity index (χ4v) is 1.93. The molecule has 1 aromatic heterocycles. The van der Waals surface area contributed by atoms with Crippen molar-refractivity contribution in [3.63, 3.8) is 0 Å². The first kappa shape index (κ1) is 14.4. The van der Waals surface area contributed by atoms with Gasteiger partial charge in [-0.1, -0.05) is 0 Å². The Morgan fingerprint density at radius 1 is 1.40 bits per heavy atom. The Morgan fingerprint density at radius 3 is 2.70 bits per heavy atom. The molecule has 2 aromatic rings.